The number of Topliss-reactive ketones (excluding diaryl/α,β-unsaturated/α-hetero) is 1. The van der Waals surface area contributed by atoms with Crippen LogP contribution in [0.3, 0.4) is 0 Å². The Morgan fingerprint density at radius 3 is 2.40 bits per heavy atom. The molecule has 3 aliphatic rings. The van der Waals surface area contributed by atoms with Gasteiger partial charge in [-0.1, -0.05) is 60.7 Å². The van der Waals surface area contributed by atoms with Crippen molar-refractivity contribution in [1.29, 1.82) is 0 Å². The summed E-state index contributed by atoms with van der Waals surface area (Å²) in [6.45, 7) is 0.402. The second kappa shape index (κ2) is 7.75. The fourth-order valence-electron chi connectivity index (χ4n) is 5.23. The standard InChI is InChI=1S/C24H26N2O3S/c27-20-13-7-8-14-24(20,29)21-19-16-30-22(18-11-5-2-6-12-18)26(19)23(28)25(21)15-17-9-3-1-4-10-17/h1-6,9-12,19,21-22,29H,7-8,13-16H2/t19-,21?,22-,24?/m0/s1. The molecule has 6 heteroatoms. The van der Waals surface area contributed by atoms with Crippen molar-refractivity contribution in [3.8, 4) is 0 Å². The number of benzene rings is 2. The lowest BCUT2D eigenvalue weighted by Crippen LogP contribution is -2.60. The van der Waals surface area contributed by atoms with Gasteiger partial charge in [0.15, 0.2) is 5.78 Å². The third-order valence-electron chi connectivity index (χ3n) is 6.67. The van der Waals surface area contributed by atoms with Crippen molar-refractivity contribution in [3.63, 3.8) is 0 Å². The minimum Gasteiger partial charge on any atom is -0.380 e. The predicted molar refractivity (Wildman–Crippen MR) is 117 cm³/mol. The van der Waals surface area contributed by atoms with E-state index in [0.717, 1.165) is 29.7 Å². The van der Waals surface area contributed by atoms with Crippen molar-refractivity contribution in [2.75, 3.05) is 5.75 Å². The molecule has 156 valence electrons. The Hall–Kier alpha value is -2.31. The predicted octanol–water partition coefficient (Wildman–Crippen LogP) is 3.98. The van der Waals surface area contributed by atoms with Crippen LogP contribution < -0.4 is 0 Å². The number of hydrogen-bond donors (Lipinski definition) is 1. The van der Waals surface area contributed by atoms with E-state index in [0.29, 0.717) is 19.4 Å². The smallest absolute Gasteiger partial charge is 0.322 e. The molecule has 1 N–H and O–H groups in total. The van der Waals surface area contributed by atoms with Crippen LogP contribution in [0.1, 0.15) is 42.2 Å². The van der Waals surface area contributed by atoms with Gasteiger partial charge in [0.1, 0.15) is 11.0 Å². The SMILES string of the molecule is O=C1N(Cc2ccccc2)C(C2(O)CCCCC2=O)[C@@H]2CS[C@@H](c3ccccc3)N12. The van der Waals surface area contributed by atoms with Gasteiger partial charge < -0.3 is 14.9 Å². The van der Waals surface area contributed by atoms with E-state index in [1.54, 1.807) is 16.7 Å². The number of fused-ring (bicyclic) bond motifs is 1. The minimum atomic E-state index is -1.46. The van der Waals surface area contributed by atoms with Crippen LogP contribution in [0, 0.1) is 0 Å². The first-order chi connectivity index (χ1) is 14.6. The van der Waals surface area contributed by atoms with E-state index >= 15 is 0 Å². The van der Waals surface area contributed by atoms with Gasteiger partial charge in [0.2, 0.25) is 0 Å². The van der Waals surface area contributed by atoms with Gasteiger partial charge in [0.25, 0.3) is 0 Å². The van der Waals surface area contributed by atoms with E-state index in [4.69, 9.17) is 0 Å². The molecule has 5 rings (SSSR count). The number of carbonyl (C=O) groups is 2. The summed E-state index contributed by atoms with van der Waals surface area (Å²) in [6, 6.07) is 19.1. The number of amides is 2. The van der Waals surface area contributed by atoms with Gasteiger partial charge in [0, 0.05) is 18.7 Å². The Morgan fingerprint density at radius 1 is 1.00 bits per heavy atom. The first-order valence-corrected chi connectivity index (χ1v) is 11.7. The second-order valence-electron chi connectivity index (χ2n) is 8.47. The van der Waals surface area contributed by atoms with Crippen LogP contribution in [-0.2, 0) is 11.3 Å². The fourth-order valence-corrected chi connectivity index (χ4v) is 6.71. The molecule has 0 radical (unpaired) electrons. The van der Waals surface area contributed by atoms with Gasteiger partial charge in [-0.15, -0.1) is 11.8 Å². The average molecular weight is 423 g/mol. The van der Waals surface area contributed by atoms with Crippen molar-refractivity contribution in [3.05, 3.63) is 71.8 Å². The summed E-state index contributed by atoms with van der Waals surface area (Å²) in [7, 11) is 0. The van der Waals surface area contributed by atoms with Gasteiger partial charge in [-0.25, -0.2) is 4.79 Å². The topological polar surface area (TPSA) is 60.9 Å². The summed E-state index contributed by atoms with van der Waals surface area (Å²) < 4.78 is 0. The second-order valence-corrected chi connectivity index (χ2v) is 9.58. The number of nitrogens with zero attached hydrogens (tertiary/aromatic N) is 2. The normalized spacial score (nSPS) is 31.3. The number of urea groups is 1. The van der Waals surface area contributed by atoms with Crippen LogP contribution >= 0.6 is 11.8 Å². The maximum absolute atomic E-state index is 13.7. The molecule has 2 heterocycles. The van der Waals surface area contributed by atoms with Crippen molar-refractivity contribution in [1.82, 2.24) is 9.80 Å². The first kappa shape index (κ1) is 19.6. The minimum absolute atomic E-state index is 0.0838. The molecule has 2 saturated heterocycles. The van der Waals surface area contributed by atoms with Crippen LogP contribution in [-0.4, -0.2) is 50.2 Å². The van der Waals surface area contributed by atoms with Crippen LogP contribution in [0.25, 0.3) is 0 Å². The van der Waals surface area contributed by atoms with Crippen molar-refractivity contribution in [2.45, 2.75) is 55.3 Å². The Morgan fingerprint density at radius 2 is 1.70 bits per heavy atom. The van der Waals surface area contributed by atoms with E-state index in [1.165, 1.54) is 0 Å². The highest BCUT2D eigenvalue weighted by atomic mass is 32.2. The third-order valence-corrected chi connectivity index (χ3v) is 8.01. The number of thioether (sulfide) groups is 1. The Balaban J connectivity index is 1.54. The molecule has 2 aromatic carbocycles. The molecular formula is C24H26N2O3S. The van der Waals surface area contributed by atoms with E-state index in [1.807, 2.05) is 65.6 Å². The van der Waals surface area contributed by atoms with Crippen LogP contribution in [0.15, 0.2) is 60.7 Å². The highest BCUT2D eigenvalue weighted by Crippen LogP contribution is 2.50. The molecule has 3 fully saturated rings. The molecule has 1 saturated carbocycles. The molecule has 5 nitrogen and oxygen atoms in total. The number of aliphatic hydroxyl groups is 1. The average Bonchev–Trinajstić information content (AvgIpc) is 3.31. The fraction of sp³-hybridized carbons (Fsp3) is 0.417. The van der Waals surface area contributed by atoms with E-state index in [2.05, 4.69) is 0 Å². The maximum atomic E-state index is 13.7. The van der Waals surface area contributed by atoms with E-state index < -0.39 is 11.6 Å². The molecule has 0 spiro atoms. The van der Waals surface area contributed by atoms with Gasteiger partial charge >= 0.3 is 6.03 Å². The van der Waals surface area contributed by atoms with Crippen LogP contribution in [0.4, 0.5) is 4.79 Å². The first-order valence-electron chi connectivity index (χ1n) is 10.6. The number of ketones is 1. The number of carbonyl (C=O) groups excluding carboxylic acids is 2. The summed E-state index contributed by atoms with van der Waals surface area (Å²) in [5.74, 6) is 0.608. The molecule has 30 heavy (non-hydrogen) atoms. The lowest BCUT2D eigenvalue weighted by atomic mass is 9.75. The summed E-state index contributed by atoms with van der Waals surface area (Å²) in [5, 5.41) is 11.5. The Labute approximate surface area is 181 Å². The van der Waals surface area contributed by atoms with Gasteiger partial charge in [0.05, 0.1) is 12.1 Å². The maximum Gasteiger partial charge on any atom is 0.322 e. The molecule has 0 aromatic heterocycles. The molecule has 2 aromatic rings. The van der Waals surface area contributed by atoms with Gasteiger partial charge in [-0.3, -0.25) is 4.79 Å². The molecule has 2 aliphatic heterocycles. The van der Waals surface area contributed by atoms with Crippen molar-refractivity contribution in [2.24, 2.45) is 0 Å². The monoisotopic (exact) mass is 422 g/mol. The zero-order chi connectivity index (χ0) is 20.7. The largest absolute Gasteiger partial charge is 0.380 e. The highest BCUT2D eigenvalue weighted by molar-refractivity contribution is 7.99. The molecule has 4 atom stereocenters. The molecule has 2 unspecified atom stereocenters. The van der Waals surface area contributed by atoms with Crippen LogP contribution in [0.5, 0.6) is 0 Å². The lowest BCUT2D eigenvalue weighted by molar-refractivity contribution is -0.148. The molecule has 1 aliphatic carbocycles. The summed E-state index contributed by atoms with van der Waals surface area (Å²) in [6.07, 6.45) is 2.45. The zero-order valence-corrected chi connectivity index (χ0v) is 17.6. The Bertz CT molecular complexity index is 938. The van der Waals surface area contributed by atoms with E-state index in [9.17, 15) is 14.7 Å². The molecular weight excluding hydrogens is 396 g/mol. The quantitative estimate of drug-likeness (QED) is 0.810. The molecule has 2 amide bonds. The van der Waals surface area contributed by atoms with Gasteiger partial charge in [-0.05, 0) is 30.4 Å². The highest BCUT2D eigenvalue weighted by Gasteiger charge is 2.61. The van der Waals surface area contributed by atoms with Gasteiger partial charge in [-0.2, -0.15) is 0 Å². The number of hydrogen-bond acceptors (Lipinski definition) is 4. The molecule has 0 bridgehead atoms. The van der Waals surface area contributed by atoms with Crippen molar-refractivity contribution < 1.29 is 14.7 Å². The summed E-state index contributed by atoms with van der Waals surface area (Å²) >= 11 is 1.72. The zero-order valence-electron chi connectivity index (χ0n) is 16.8. The summed E-state index contributed by atoms with van der Waals surface area (Å²) in [5.41, 5.74) is 0.627. The summed E-state index contributed by atoms with van der Waals surface area (Å²) in [4.78, 5) is 30.3. The van der Waals surface area contributed by atoms with Crippen LogP contribution in [0.2, 0.25) is 0 Å². The lowest BCUT2D eigenvalue weighted by Gasteiger charge is -2.41. The number of rotatable bonds is 4. The Kier molecular flexibility index (Phi) is 5.07. The van der Waals surface area contributed by atoms with Crippen molar-refractivity contribution >= 4 is 23.6 Å². The third kappa shape index (κ3) is 3.13. The van der Waals surface area contributed by atoms with E-state index in [-0.39, 0.29) is 23.2 Å².